The first-order valence-electron chi connectivity index (χ1n) is 22.4. The normalized spacial score (nSPS) is 14.1. The molecule has 0 aliphatic carbocycles. The van der Waals surface area contributed by atoms with Gasteiger partial charge in [0.2, 0.25) is 64.7 Å². The molecule has 1 aromatic rings. The number of ketones is 2. The molecule has 67 heavy (non-hydrogen) atoms. The van der Waals surface area contributed by atoms with Gasteiger partial charge in [-0.15, -0.1) is 0 Å². The SMILES string of the molecule is CCCCN(CC(=O)N[C@@H](CC(C)C)C(=O)NCC(N)=O)C(=O)[C@H](C)NC(=O)[C@H](CC(N)=O)NN[C@@H](CCC(N)=O)C(=O)NC(C(=O)C(=O)[C@H](Cc1ccccc1)NC(=O)CCS)[C@@H](C)CC. The largest absolute Gasteiger partial charge is 0.370 e. The molecule has 7 atom stereocenters. The van der Waals surface area contributed by atoms with E-state index in [1.807, 2.05) is 20.8 Å². The van der Waals surface area contributed by atoms with Crippen molar-refractivity contribution in [1.82, 2.24) is 42.3 Å². The van der Waals surface area contributed by atoms with E-state index in [4.69, 9.17) is 17.2 Å². The number of hydrogen-bond donors (Lipinski definition) is 11. The Morgan fingerprint density at radius 2 is 1.28 bits per heavy atom. The topological polar surface area (TPSA) is 353 Å². The molecule has 374 valence electrons. The summed E-state index contributed by atoms with van der Waals surface area (Å²) in [4.78, 5) is 144. The zero-order chi connectivity index (χ0) is 50.8. The van der Waals surface area contributed by atoms with Crippen LogP contribution in [0.15, 0.2) is 30.3 Å². The summed E-state index contributed by atoms with van der Waals surface area (Å²) in [5.74, 6) is -9.33. The molecular formula is C44H71N11O11S. The zero-order valence-corrected chi connectivity index (χ0v) is 40.2. The van der Waals surface area contributed by atoms with Crippen molar-refractivity contribution in [3.63, 3.8) is 0 Å². The molecule has 0 bridgehead atoms. The third kappa shape index (κ3) is 22.9. The molecule has 0 radical (unpaired) electrons. The van der Waals surface area contributed by atoms with Gasteiger partial charge in [0.25, 0.3) is 0 Å². The summed E-state index contributed by atoms with van der Waals surface area (Å²) in [5.41, 5.74) is 21.9. The fourth-order valence-corrected chi connectivity index (χ4v) is 6.76. The van der Waals surface area contributed by atoms with E-state index >= 15 is 0 Å². The van der Waals surface area contributed by atoms with Crippen molar-refractivity contribution in [2.24, 2.45) is 29.0 Å². The van der Waals surface area contributed by atoms with E-state index in [2.05, 4.69) is 50.1 Å². The van der Waals surface area contributed by atoms with Gasteiger partial charge in [-0.2, -0.15) is 12.6 Å². The number of nitrogens with zero attached hydrogens (tertiary/aromatic N) is 1. The summed E-state index contributed by atoms with van der Waals surface area (Å²) in [6.07, 6.45) is 0.279. The first-order valence-corrected chi connectivity index (χ1v) is 23.0. The van der Waals surface area contributed by atoms with Gasteiger partial charge in [-0.3, -0.25) is 52.7 Å². The number of hydrazine groups is 1. The van der Waals surface area contributed by atoms with Gasteiger partial charge >= 0.3 is 0 Å². The van der Waals surface area contributed by atoms with E-state index in [1.165, 1.54) is 11.8 Å². The van der Waals surface area contributed by atoms with Crippen LogP contribution in [0.5, 0.6) is 0 Å². The van der Waals surface area contributed by atoms with Gasteiger partial charge in [0.1, 0.15) is 24.2 Å². The van der Waals surface area contributed by atoms with E-state index in [1.54, 1.807) is 44.2 Å². The molecule has 0 aliphatic rings. The Bertz CT molecular complexity index is 1870. The predicted octanol–water partition coefficient (Wildman–Crippen LogP) is -2.06. The van der Waals surface area contributed by atoms with Crippen molar-refractivity contribution >= 4 is 77.4 Å². The van der Waals surface area contributed by atoms with Crippen molar-refractivity contribution in [2.75, 3.05) is 25.4 Å². The first-order chi connectivity index (χ1) is 31.5. The van der Waals surface area contributed by atoms with Crippen LogP contribution in [0.1, 0.15) is 98.5 Å². The first kappa shape index (κ1) is 59.1. The summed E-state index contributed by atoms with van der Waals surface area (Å²) in [6.45, 7) is 9.37. The number of rotatable bonds is 34. The van der Waals surface area contributed by atoms with Crippen LogP contribution in [0.4, 0.5) is 0 Å². The molecule has 0 aliphatic heterocycles. The van der Waals surface area contributed by atoms with Crippen LogP contribution in [0.25, 0.3) is 0 Å². The molecule has 1 unspecified atom stereocenters. The fraction of sp³-hybridized carbons (Fsp3) is 0.614. The van der Waals surface area contributed by atoms with Crippen molar-refractivity contribution in [1.29, 1.82) is 0 Å². The molecule has 23 heteroatoms. The maximum atomic E-state index is 14.0. The van der Waals surface area contributed by atoms with E-state index in [0.29, 0.717) is 24.8 Å². The van der Waals surface area contributed by atoms with Gasteiger partial charge in [0.05, 0.1) is 31.6 Å². The van der Waals surface area contributed by atoms with Gasteiger partial charge in [-0.25, -0.2) is 10.9 Å². The minimum Gasteiger partial charge on any atom is -0.370 e. The third-order valence-corrected chi connectivity index (χ3v) is 10.6. The number of Topliss-reactive ketones (excluding diaryl/α,β-unsaturated/α-hetero) is 2. The van der Waals surface area contributed by atoms with Crippen LogP contribution < -0.4 is 54.6 Å². The molecule has 0 aromatic heterocycles. The van der Waals surface area contributed by atoms with Crippen LogP contribution in [-0.4, -0.2) is 131 Å². The molecule has 0 fully saturated rings. The summed E-state index contributed by atoms with van der Waals surface area (Å²) in [6, 6.07) is 0.732. The monoisotopic (exact) mass is 962 g/mol. The molecule has 0 spiro atoms. The minimum atomic E-state index is -1.53. The lowest BCUT2D eigenvalue weighted by Crippen LogP contribution is -2.61. The van der Waals surface area contributed by atoms with E-state index in [-0.39, 0.29) is 50.3 Å². The molecule has 9 amide bonds. The van der Waals surface area contributed by atoms with Crippen LogP contribution in [0, 0.1) is 11.8 Å². The Kier molecular flexibility index (Phi) is 27.4. The number of unbranched alkanes of at least 4 members (excludes halogenated alkanes) is 1. The molecular weight excluding hydrogens is 891 g/mol. The van der Waals surface area contributed by atoms with Gasteiger partial charge in [0, 0.05) is 25.8 Å². The van der Waals surface area contributed by atoms with E-state index < -0.39 is 126 Å². The molecule has 13 N–H and O–H groups in total. The molecule has 1 rings (SSSR count). The lowest BCUT2D eigenvalue weighted by Gasteiger charge is -2.29. The average molecular weight is 962 g/mol. The van der Waals surface area contributed by atoms with Crippen LogP contribution in [0.2, 0.25) is 0 Å². The van der Waals surface area contributed by atoms with Gasteiger partial charge in [-0.1, -0.05) is 77.8 Å². The Morgan fingerprint density at radius 3 is 1.84 bits per heavy atom. The van der Waals surface area contributed by atoms with Gasteiger partial charge in [0.15, 0.2) is 0 Å². The van der Waals surface area contributed by atoms with Gasteiger partial charge < -0.3 is 48.7 Å². The van der Waals surface area contributed by atoms with Crippen LogP contribution in [0.3, 0.4) is 0 Å². The zero-order valence-electron chi connectivity index (χ0n) is 39.3. The number of carbonyl (C=O) groups excluding carboxylic acids is 11. The number of primary amides is 3. The second-order valence-electron chi connectivity index (χ2n) is 16.7. The number of nitrogens with two attached hydrogens (primary N) is 3. The van der Waals surface area contributed by atoms with Crippen molar-refractivity contribution < 1.29 is 52.7 Å². The third-order valence-electron chi connectivity index (χ3n) is 10.4. The number of benzene rings is 1. The summed E-state index contributed by atoms with van der Waals surface area (Å²) < 4.78 is 0. The molecule has 0 saturated carbocycles. The average Bonchev–Trinajstić information content (AvgIpc) is 3.26. The van der Waals surface area contributed by atoms with E-state index in [0.717, 1.165) is 0 Å². The highest BCUT2D eigenvalue weighted by Crippen LogP contribution is 2.14. The summed E-state index contributed by atoms with van der Waals surface area (Å²) in [5, 5.41) is 12.6. The Balaban J connectivity index is 3.32. The Morgan fingerprint density at radius 1 is 0.672 bits per heavy atom. The highest BCUT2D eigenvalue weighted by Gasteiger charge is 2.37. The van der Waals surface area contributed by atoms with Crippen molar-refractivity contribution in [3.05, 3.63) is 35.9 Å². The number of carbonyl (C=O) groups is 11. The highest BCUT2D eigenvalue weighted by atomic mass is 32.1. The summed E-state index contributed by atoms with van der Waals surface area (Å²) >= 11 is 4.08. The second-order valence-corrected chi connectivity index (χ2v) is 17.2. The van der Waals surface area contributed by atoms with Crippen LogP contribution in [-0.2, 0) is 59.2 Å². The Hall–Kier alpha value is -5.94. The maximum Gasteiger partial charge on any atom is 0.245 e. The predicted molar refractivity (Wildman–Crippen MR) is 251 cm³/mol. The molecule has 0 saturated heterocycles. The number of amides is 9. The highest BCUT2D eigenvalue weighted by molar-refractivity contribution is 7.80. The summed E-state index contributed by atoms with van der Waals surface area (Å²) in [7, 11) is 0. The van der Waals surface area contributed by atoms with E-state index in [9.17, 15) is 52.7 Å². The molecule has 22 nitrogen and oxygen atoms in total. The molecule has 0 heterocycles. The number of hydrogen-bond acceptors (Lipinski definition) is 14. The minimum absolute atomic E-state index is 0.0169. The maximum absolute atomic E-state index is 14.0. The van der Waals surface area contributed by atoms with Crippen molar-refractivity contribution in [2.45, 2.75) is 136 Å². The number of nitrogens with one attached hydrogen (secondary N) is 7. The van der Waals surface area contributed by atoms with Gasteiger partial charge in [-0.05, 0) is 49.3 Å². The quantitative estimate of drug-likeness (QED) is 0.0201. The smallest absolute Gasteiger partial charge is 0.245 e. The Labute approximate surface area is 397 Å². The second kappa shape index (κ2) is 31.1. The lowest BCUT2D eigenvalue weighted by atomic mass is 9.89. The standard InChI is InChI=1S/C44H71N11O11S/c1-7-9-18-55(24-37(60)51-31(20-25(3)4)41(63)48-23-35(47)58)44(66)27(6)49-43(65)32(22-34(46)57)54-53-29(15-16-33(45)56)42(64)52-38(26(5)8-2)40(62)39(61)30(50-36(59)17-19-67)21-28-13-11-10-12-14-28/h10-14,25-27,29-32,38,53-54,67H,7-9,15-24H2,1-6H3,(H2,45,56)(H2,46,57)(H2,47,58)(H,48,63)(H,49,65)(H,50,59)(H,51,60)(H,52,64)/t26-,27-,29-,30-,31-,32-,38?/m0/s1. The van der Waals surface area contributed by atoms with Crippen LogP contribution >= 0.6 is 12.6 Å². The number of thiol groups is 1. The fourth-order valence-electron chi connectivity index (χ4n) is 6.55. The lowest BCUT2D eigenvalue weighted by molar-refractivity contribution is -0.142. The van der Waals surface area contributed by atoms with Crippen molar-refractivity contribution in [3.8, 4) is 0 Å². The molecule has 1 aromatic carbocycles.